The Labute approximate surface area is 78.2 Å². The molecule has 0 saturated carbocycles. The third kappa shape index (κ3) is 16.3. The predicted octanol–water partition coefficient (Wildman–Crippen LogP) is 2.77. The summed E-state index contributed by atoms with van der Waals surface area (Å²) in [5.41, 5.74) is 0. The van der Waals surface area contributed by atoms with E-state index in [0.29, 0.717) is 0 Å². The first kappa shape index (κ1) is 14.1. The first-order valence-electron chi connectivity index (χ1n) is 4.78. The fourth-order valence-corrected chi connectivity index (χ4v) is 0.875. The minimum atomic E-state index is 1.25. The molecule has 0 aromatic carbocycles. The van der Waals surface area contributed by atoms with Crippen molar-refractivity contribution in [3.8, 4) is 12.3 Å². The van der Waals surface area contributed by atoms with E-state index in [4.69, 9.17) is 0 Å². The molecule has 0 unspecified atom stereocenters. The highest BCUT2D eigenvalue weighted by Gasteiger charge is 2.03. The van der Waals surface area contributed by atoms with Crippen molar-refractivity contribution < 1.29 is 0 Å². The molecule has 0 radical (unpaired) electrons. The molecule has 1 heterocycles. The van der Waals surface area contributed by atoms with Crippen molar-refractivity contribution >= 4 is 0 Å². The van der Waals surface area contributed by atoms with Crippen LogP contribution < -0.4 is 0 Å². The Kier molecular flexibility index (Phi) is 15.4. The molecule has 1 nitrogen and oxygen atoms in total. The number of terminal acetylenes is 1. The molecule has 0 atom stereocenters. The molecule has 1 fully saturated rings. The van der Waals surface area contributed by atoms with Gasteiger partial charge in [-0.1, -0.05) is 20.3 Å². The third-order valence-electron chi connectivity index (χ3n) is 1.33. The van der Waals surface area contributed by atoms with Crippen molar-refractivity contribution in [3.05, 3.63) is 0 Å². The summed E-state index contributed by atoms with van der Waals surface area (Å²) in [4.78, 5) is 2.36. The number of hydrogen-bond donors (Lipinski definition) is 0. The van der Waals surface area contributed by atoms with Gasteiger partial charge in [-0.25, -0.2) is 0 Å². The van der Waals surface area contributed by atoms with Gasteiger partial charge >= 0.3 is 0 Å². The van der Waals surface area contributed by atoms with E-state index < -0.39 is 0 Å². The molecule has 1 heteroatoms. The topological polar surface area (TPSA) is 3.24 Å². The number of hydrogen-bond acceptors (Lipinski definition) is 1. The van der Waals surface area contributed by atoms with Crippen LogP contribution in [0.2, 0.25) is 0 Å². The standard InChI is InChI=1S/C5H11N.C3H8.C3H4/c1-6-4-2-3-5-6;2*1-3-2/h2-5H2,1H3;3H2,1-2H3;1H,2H3. The molecule has 0 aromatic heterocycles. The van der Waals surface area contributed by atoms with Crippen LogP contribution >= 0.6 is 0 Å². The summed E-state index contributed by atoms with van der Waals surface area (Å²) in [6.07, 6.45) is 8.67. The Morgan fingerprint density at radius 1 is 1.25 bits per heavy atom. The van der Waals surface area contributed by atoms with Crippen molar-refractivity contribution in [3.63, 3.8) is 0 Å². The zero-order chi connectivity index (χ0) is 9.82. The third-order valence-corrected chi connectivity index (χ3v) is 1.33. The Hall–Kier alpha value is -0.480. The molecular weight excluding hydrogens is 146 g/mol. The first-order valence-corrected chi connectivity index (χ1v) is 4.78. The summed E-state index contributed by atoms with van der Waals surface area (Å²) in [5, 5.41) is 0. The van der Waals surface area contributed by atoms with Crippen LogP contribution in [0.5, 0.6) is 0 Å². The molecule has 0 aromatic rings. The molecule has 0 N–H and O–H groups in total. The van der Waals surface area contributed by atoms with E-state index in [9.17, 15) is 0 Å². The van der Waals surface area contributed by atoms with Gasteiger partial charge in [-0.3, -0.25) is 0 Å². The van der Waals surface area contributed by atoms with Gasteiger partial charge in [-0.05, 0) is 39.9 Å². The molecule has 72 valence electrons. The molecule has 1 rings (SSSR count). The van der Waals surface area contributed by atoms with Crippen LogP contribution in [0.4, 0.5) is 0 Å². The average molecular weight is 169 g/mol. The first-order chi connectivity index (χ1) is 5.72. The van der Waals surface area contributed by atoms with Crippen molar-refractivity contribution in [1.29, 1.82) is 0 Å². The summed E-state index contributed by atoms with van der Waals surface area (Å²) in [5.74, 6) is 2.25. The fraction of sp³-hybridized carbons (Fsp3) is 0.818. The fourth-order valence-electron chi connectivity index (χ4n) is 0.875. The van der Waals surface area contributed by atoms with Gasteiger partial charge in [0.05, 0.1) is 0 Å². The lowest BCUT2D eigenvalue weighted by atomic mass is 10.4. The van der Waals surface area contributed by atoms with Crippen molar-refractivity contribution in [2.75, 3.05) is 20.1 Å². The summed E-state index contributed by atoms with van der Waals surface area (Å²) >= 11 is 0. The second kappa shape index (κ2) is 13.1. The predicted molar refractivity (Wildman–Crippen MR) is 57.2 cm³/mol. The van der Waals surface area contributed by atoms with E-state index in [1.165, 1.54) is 32.4 Å². The summed E-state index contributed by atoms with van der Waals surface area (Å²) in [6.45, 7) is 8.54. The minimum Gasteiger partial charge on any atom is -0.306 e. The Balaban J connectivity index is 0. The number of likely N-dealkylation sites (tertiary alicyclic amines) is 1. The zero-order valence-corrected chi connectivity index (χ0v) is 9.06. The highest BCUT2D eigenvalue weighted by atomic mass is 15.1. The Morgan fingerprint density at radius 2 is 1.50 bits per heavy atom. The molecule has 0 aliphatic carbocycles. The van der Waals surface area contributed by atoms with Gasteiger partial charge in [0.1, 0.15) is 0 Å². The summed E-state index contributed by atoms with van der Waals surface area (Å²) in [7, 11) is 2.17. The van der Waals surface area contributed by atoms with Gasteiger partial charge in [0.2, 0.25) is 0 Å². The lowest BCUT2D eigenvalue weighted by Crippen LogP contribution is -2.10. The van der Waals surface area contributed by atoms with Crippen molar-refractivity contribution in [2.45, 2.75) is 40.0 Å². The van der Waals surface area contributed by atoms with E-state index >= 15 is 0 Å². The van der Waals surface area contributed by atoms with Crippen LogP contribution in [0.3, 0.4) is 0 Å². The lowest BCUT2D eigenvalue weighted by Gasteiger charge is -2.01. The van der Waals surface area contributed by atoms with E-state index in [0.717, 1.165) is 0 Å². The average Bonchev–Trinajstić information content (AvgIpc) is 2.43. The molecule has 1 aliphatic heterocycles. The van der Waals surface area contributed by atoms with Gasteiger partial charge < -0.3 is 4.90 Å². The number of nitrogens with zero attached hydrogens (tertiary/aromatic N) is 1. The van der Waals surface area contributed by atoms with Gasteiger partial charge in [0.25, 0.3) is 0 Å². The second-order valence-electron chi connectivity index (χ2n) is 3.01. The van der Waals surface area contributed by atoms with E-state index in [1.807, 2.05) is 0 Å². The van der Waals surface area contributed by atoms with Crippen LogP contribution in [-0.4, -0.2) is 25.0 Å². The molecule has 0 spiro atoms. The van der Waals surface area contributed by atoms with Crippen molar-refractivity contribution in [1.82, 2.24) is 4.90 Å². The molecule has 12 heavy (non-hydrogen) atoms. The molecule has 1 aliphatic rings. The van der Waals surface area contributed by atoms with Gasteiger partial charge in [0.15, 0.2) is 0 Å². The summed E-state index contributed by atoms with van der Waals surface area (Å²) in [6, 6.07) is 0. The van der Waals surface area contributed by atoms with Crippen LogP contribution in [0, 0.1) is 12.3 Å². The lowest BCUT2D eigenvalue weighted by molar-refractivity contribution is 0.418. The Bertz CT molecular complexity index is 96.1. The zero-order valence-electron chi connectivity index (χ0n) is 9.06. The highest BCUT2D eigenvalue weighted by molar-refractivity contribution is 4.73. The van der Waals surface area contributed by atoms with Crippen molar-refractivity contribution in [2.24, 2.45) is 0 Å². The second-order valence-corrected chi connectivity index (χ2v) is 3.01. The Morgan fingerprint density at radius 3 is 1.58 bits per heavy atom. The maximum atomic E-state index is 4.60. The molecule has 0 amide bonds. The van der Waals surface area contributed by atoms with Crippen LogP contribution in [-0.2, 0) is 0 Å². The van der Waals surface area contributed by atoms with Crippen LogP contribution in [0.1, 0.15) is 40.0 Å². The quantitative estimate of drug-likeness (QED) is 0.504. The molecular formula is C11H23N. The number of rotatable bonds is 0. The van der Waals surface area contributed by atoms with Gasteiger partial charge in [-0.2, -0.15) is 0 Å². The van der Waals surface area contributed by atoms with Gasteiger partial charge in [-0.15, -0.1) is 12.3 Å². The highest BCUT2D eigenvalue weighted by Crippen LogP contribution is 2.01. The van der Waals surface area contributed by atoms with Crippen LogP contribution in [0.25, 0.3) is 0 Å². The molecule has 1 saturated heterocycles. The minimum absolute atomic E-state index is 1.25. The maximum Gasteiger partial charge on any atom is -0.00213 e. The largest absolute Gasteiger partial charge is 0.306 e. The van der Waals surface area contributed by atoms with E-state index in [-0.39, 0.29) is 0 Å². The van der Waals surface area contributed by atoms with Crippen LogP contribution in [0.15, 0.2) is 0 Å². The monoisotopic (exact) mass is 169 g/mol. The van der Waals surface area contributed by atoms with E-state index in [1.54, 1.807) is 6.92 Å². The summed E-state index contributed by atoms with van der Waals surface area (Å²) < 4.78 is 0. The maximum absolute atomic E-state index is 4.60. The normalized spacial score (nSPS) is 14.9. The van der Waals surface area contributed by atoms with Gasteiger partial charge in [0, 0.05) is 0 Å². The smallest absolute Gasteiger partial charge is 0.00213 e. The molecule has 0 bridgehead atoms. The van der Waals surface area contributed by atoms with E-state index in [2.05, 4.69) is 38.1 Å². The SMILES string of the molecule is C#CC.CCC.CN1CCCC1.